The normalized spacial score (nSPS) is 11.6. The number of rotatable bonds is 5. The summed E-state index contributed by atoms with van der Waals surface area (Å²) in [6.45, 7) is 0. The number of benzene rings is 4. The summed E-state index contributed by atoms with van der Waals surface area (Å²) >= 11 is 3.58. The molecule has 0 aliphatic heterocycles. The highest BCUT2D eigenvalue weighted by Gasteiger charge is 2.46. The van der Waals surface area contributed by atoms with Gasteiger partial charge in [-0.15, -0.1) is 0 Å². The maximum Gasteiger partial charge on any atom is 0.143 e. The molecule has 0 aliphatic carbocycles. The van der Waals surface area contributed by atoms with Gasteiger partial charge in [-0.05, 0) is 60.7 Å². The summed E-state index contributed by atoms with van der Waals surface area (Å²) in [6.07, 6.45) is 0.845. The lowest BCUT2D eigenvalue weighted by Gasteiger charge is -2.26. The Morgan fingerprint density at radius 3 is 1.60 bits per heavy atom. The first-order valence-electron chi connectivity index (χ1n) is 9.99. The van der Waals surface area contributed by atoms with E-state index in [-0.39, 0.29) is 0 Å². The second kappa shape index (κ2) is 8.22. The van der Waals surface area contributed by atoms with E-state index in [0.29, 0.717) is 0 Å². The standard InChI is InChI=1S/C27H21BrOP/c28-22-16-17-27-21(18-22)19-23(29-27)20-30(24-10-4-1-5-11-24,25-12-6-2-7-13-25)26-14-8-3-9-15-26/h1-19H,20H2/q+1. The van der Waals surface area contributed by atoms with Gasteiger partial charge >= 0.3 is 0 Å². The molecule has 0 radical (unpaired) electrons. The van der Waals surface area contributed by atoms with Gasteiger partial charge in [0.1, 0.15) is 40.7 Å². The van der Waals surface area contributed by atoms with Crippen molar-refractivity contribution in [3.05, 3.63) is 125 Å². The van der Waals surface area contributed by atoms with Crippen LogP contribution in [0.1, 0.15) is 5.76 Å². The van der Waals surface area contributed by atoms with Gasteiger partial charge in [0, 0.05) is 9.86 Å². The van der Waals surface area contributed by atoms with Crippen molar-refractivity contribution in [2.75, 3.05) is 0 Å². The van der Waals surface area contributed by atoms with E-state index in [9.17, 15) is 0 Å². The van der Waals surface area contributed by atoms with Crippen molar-refractivity contribution in [2.24, 2.45) is 0 Å². The molecule has 3 heteroatoms. The SMILES string of the molecule is Brc1ccc2oc(C[P+](c3ccccc3)(c3ccccc3)c3ccccc3)cc2c1. The summed E-state index contributed by atoms with van der Waals surface area (Å²) < 4.78 is 7.42. The van der Waals surface area contributed by atoms with Crippen LogP contribution in [0.3, 0.4) is 0 Å². The van der Waals surface area contributed by atoms with E-state index in [1.54, 1.807) is 0 Å². The first kappa shape index (κ1) is 19.3. The van der Waals surface area contributed by atoms with Crippen molar-refractivity contribution in [1.82, 2.24) is 0 Å². The Morgan fingerprint density at radius 2 is 1.10 bits per heavy atom. The van der Waals surface area contributed by atoms with Crippen LogP contribution in [0.4, 0.5) is 0 Å². The van der Waals surface area contributed by atoms with Gasteiger partial charge in [-0.2, -0.15) is 0 Å². The highest BCUT2D eigenvalue weighted by molar-refractivity contribution is 9.10. The largest absolute Gasteiger partial charge is 0.457 e. The molecule has 146 valence electrons. The molecule has 5 rings (SSSR count). The molecule has 1 nitrogen and oxygen atoms in total. The third-order valence-electron chi connectivity index (χ3n) is 5.51. The summed E-state index contributed by atoms with van der Waals surface area (Å²) in [6, 6.07) is 41.2. The fourth-order valence-corrected chi connectivity index (χ4v) is 8.64. The van der Waals surface area contributed by atoms with E-state index in [2.05, 4.69) is 119 Å². The minimum Gasteiger partial charge on any atom is -0.457 e. The van der Waals surface area contributed by atoms with Crippen molar-refractivity contribution in [1.29, 1.82) is 0 Å². The first-order valence-corrected chi connectivity index (χ1v) is 12.8. The minimum absolute atomic E-state index is 0.845. The zero-order valence-electron chi connectivity index (χ0n) is 16.4. The van der Waals surface area contributed by atoms with E-state index in [4.69, 9.17) is 4.42 Å². The molecule has 0 aliphatic rings. The number of fused-ring (bicyclic) bond motifs is 1. The second-order valence-corrected chi connectivity index (χ2v) is 11.8. The molecule has 0 amide bonds. The van der Waals surface area contributed by atoms with Gasteiger partial charge in [-0.3, -0.25) is 0 Å². The van der Waals surface area contributed by atoms with Crippen LogP contribution in [0.2, 0.25) is 0 Å². The number of hydrogen-bond donors (Lipinski definition) is 0. The first-order chi connectivity index (χ1) is 14.8. The zero-order valence-corrected chi connectivity index (χ0v) is 18.9. The second-order valence-electron chi connectivity index (χ2n) is 7.37. The molecule has 0 saturated heterocycles. The monoisotopic (exact) mass is 471 g/mol. The molecular formula is C27H21BrOP+. The Hall–Kier alpha value is -2.67. The summed E-state index contributed by atoms with van der Waals surface area (Å²) in [5.74, 6) is 1.02. The highest BCUT2D eigenvalue weighted by Crippen LogP contribution is 2.58. The van der Waals surface area contributed by atoms with Crippen LogP contribution >= 0.6 is 23.2 Å². The topological polar surface area (TPSA) is 13.1 Å². The molecule has 1 aromatic heterocycles. The lowest BCUT2D eigenvalue weighted by Crippen LogP contribution is -2.32. The number of halogens is 1. The summed E-state index contributed by atoms with van der Waals surface area (Å²) in [4.78, 5) is 0. The molecule has 0 atom stereocenters. The van der Waals surface area contributed by atoms with E-state index < -0.39 is 7.26 Å². The molecule has 0 spiro atoms. The lowest BCUT2D eigenvalue weighted by molar-refractivity contribution is 0.573. The Balaban J connectivity index is 1.76. The molecule has 4 aromatic carbocycles. The molecule has 0 N–H and O–H groups in total. The molecule has 5 aromatic rings. The Bertz CT molecular complexity index is 1170. The van der Waals surface area contributed by atoms with Crippen LogP contribution in [0.5, 0.6) is 0 Å². The predicted octanol–water partition coefficient (Wildman–Crippen LogP) is 6.69. The van der Waals surface area contributed by atoms with Gasteiger partial charge in [0.15, 0.2) is 0 Å². The third kappa shape index (κ3) is 3.51. The smallest absolute Gasteiger partial charge is 0.143 e. The number of hydrogen-bond acceptors (Lipinski definition) is 1. The van der Waals surface area contributed by atoms with Crippen molar-refractivity contribution in [3.63, 3.8) is 0 Å². The van der Waals surface area contributed by atoms with Crippen molar-refractivity contribution in [2.45, 2.75) is 6.16 Å². The zero-order chi connectivity index (χ0) is 20.4. The molecule has 0 saturated carbocycles. The van der Waals surface area contributed by atoms with E-state index >= 15 is 0 Å². The summed E-state index contributed by atoms with van der Waals surface area (Å²) in [7, 11) is -1.95. The molecule has 0 unspecified atom stereocenters. The van der Waals surface area contributed by atoms with Crippen molar-refractivity contribution < 1.29 is 4.42 Å². The van der Waals surface area contributed by atoms with Crippen LogP contribution in [0, 0.1) is 0 Å². The van der Waals surface area contributed by atoms with Gasteiger partial charge < -0.3 is 4.42 Å². The van der Waals surface area contributed by atoms with E-state index in [1.807, 2.05) is 12.1 Å². The van der Waals surface area contributed by atoms with Crippen molar-refractivity contribution >= 4 is 50.1 Å². The molecule has 0 bridgehead atoms. The van der Waals surface area contributed by atoms with E-state index in [1.165, 1.54) is 15.9 Å². The van der Waals surface area contributed by atoms with Crippen LogP contribution in [0.25, 0.3) is 11.0 Å². The van der Waals surface area contributed by atoms with Crippen LogP contribution < -0.4 is 15.9 Å². The average molecular weight is 472 g/mol. The third-order valence-corrected chi connectivity index (χ3v) is 10.3. The van der Waals surface area contributed by atoms with Crippen LogP contribution in [-0.4, -0.2) is 0 Å². The van der Waals surface area contributed by atoms with Gasteiger partial charge in [0.2, 0.25) is 0 Å². The van der Waals surface area contributed by atoms with Gasteiger partial charge in [-0.25, -0.2) is 0 Å². The maximum absolute atomic E-state index is 6.35. The fraction of sp³-hybridized carbons (Fsp3) is 0.0370. The lowest BCUT2D eigenvalue weighted by atomic mass is 10.2. The fourth-order valence-electron chi connectivity index (χ4n) is 4.15. The minimum atomic E-state index is -1.95. The molecular weight excluding hydrogens is 451 g/mol. The van der Waals surface area contributed by atoms with Gasteiger partial charge in [0.05, 0.1) is 0 Å². The van der Waals surface area contributed by atoms with Gasteiger partial charge in [0.25, 0.3) is 0 Å². The molecule has 1 heterocycles. The Morgan fingerprint density at radius 1 is 0.600 bits per heavy atom. The Kier molecular flexibility index (Phi) is 5.29. The quantitative estimate of drug-likeness (QED) is 0.260. The molecule has 30 heavy (non-hydrogen) atoms. The predicted molar refractivity (Wildman–Crippen MR) is 133 cm³/mol. The Labute approximate surface area is 185 Å². The van der Waals surface area contributed by atoms with Gasteiger partial charge in [-0.1, -0.05) is 70.5 Å². The molecule has 0 fully saturated rings. The van der Waals surface area contributed by atoms with E-state index in [0.717, 1.165) is 27.4 Å². The average Bonchev–Trinajstić information content (AvgIpc) is 3.20. The number of furan rings is 1. The maximum atomic E-state index is 6.35. The highest BCUT2D eigenvalue weighted by atomic mass is 79.9. The van der Waals surface area contributed by atoms with Crippen LogP contribution in [-0.2, 0) is 6.16 Å². The summed E-state index contributed by atoms with van der Waals surface area (Å²) in [5.41, 5.74) is 0.931. The summed E-state index contributed by atoms with van der Waals surface area (Å²) in [5, 5.41) is 5.23. The van der Waals surface area contributed by atoms with Crippen LogP contribution in [0.15, 0.2) is 124 Å². The van der Waals surface area contributed by atoms with Crippen molar-refractivity contribution in [3.8, 4) is 0 Å².